The van der Waals surface area contributed by atoms with E-state index in [0.29, 0.717) is 0 Å². The van der Waals surface area contributed by atoms with Crippen LogP contribution in [0, 0.1) is 11.8 Å². The van der Waals surface area contributed by atoms with E-state index in [-0.39, 0.29) is 25.1 Å². The minimum absolute atomic E-state index is 0.0910. The molecule has 1 aliphatic rings. The van der Waals surface area contributed by atoms with E-state index < -0.39 is 17.8 Å². The number of carbonyl (C=O) groups excluding carboxylic acids is 1. The lowest BCUT2D eigenvalue weighted by atomic mass is 9.93. The van der Waals surface area contributed by atoms with Crippen LogP contribution in [0.4, 0.5) is 0 Å². The average molecular weight is 286 g/mol. The van der Waals surface area contributed by atoms with Gasteiger partial charge in [0, 0.05) is 18.5 Å². The smallest absolute Gasteiger partial charge is 0.307 e. The molecule has 2 unspecified atom stereocenters. The molecule has 116 valence electrons. The molecule has 1 saturated heterocycles. The first kappa shape index (κ1) is 16.9. The molecule has 0 aromatic carbocycles. The molecule has 1 fully saturated rings. The van der Waals surface area contributed by atoms with Crippen molar-refractivity contribution in [3.05, 3.63) is 0 Å². The van der Waals surface area contributed by atoms with Gasteiger partial charge >= 0.3 is 5.97 Å². The van der Waals surface area contributed by atoms with Crippen LogP contribution in [0.3, 0.4) is 0 Å². The first-order valence-corrected chi connectivity index (χ1v) is 7.21. The van der Waals surface area contributed by atoms with Gasteiger partial charge in [0.2, 0.25) is 5.91 Å². The predicted octanol–water partition coefficient (Wildman–Crippen LogP) is 0.258. The Balaban J connectivity index is 2.74. The Morgan fingerprint density at radius 3 is 2.25 bits per heavy atom. The standard InChI is InChI=1S/C14H26N2O4/c1-10(11(2)14(19)20)13(18)16(8-9-17)12-4-6-15(3)7-5-12/h10-12,17H,4-9H2,1-3H3,(H,19,20). The topological polar surface area (TPSA) is 81.1 Å². The zero-order valence-electron chi connectivity index (χ0n) is 12.6. The SMILES string of the molecule is CC(C(=O)O)C(C)C(=O)N(CCO)C1CCN(C)CC1. The van der Waals surface area contributed by atoms with Crippen molar-refractivity contribution in [2.24, 2.45) is 11.8 Å². The summed E-state index contributed by atoms with van der Waals surface area (Å²) in [5.74, 6) is -2.41. The number of aliphatic carboxylic acids is 1. The lowest BCUT2D eigenvalue weighted by Gasteiger charge is -2.38. The van der Waals surface area contributed by atoms with Crippen molar-refractivity contribution in [1.29, 1.82) is 0 Å². The van der Waals surface area contributed by atoms with Crippen LogP contribution in [-0.4, -0.2) is 71.2 Å². The number of piperidine rings is 1. The Kier molecular flexibility index (Phi) is 6.42. The lowest BCUT2D eigenvalue weighted by Crippen LogP contribution is -2.50. The highest BCUT2D eigenvalue weighted by atomic mass is 16.4. The average Bonchev–Trinajstić information content (AvgIpc) is 2.43. The molecule has 0 bridgehead atoms. The van der Waals surface area contributed by atoms with E-state index >= 15 is 0 Å². The summed E-state index contributed by atoms with van der Waals surface area (Å²) in [5.41, 5.74) is 0. The summed E-state index contributed by atoms with van der Waals surface area (Å²) in [6.07, 6.45) is 1.74. The Morgan fingerprint density at radius 1 is 1.25 bits per heavy atom. The van der Waals surface area contributed by atoms with E-state index in [0.717, 1.165) is 25.9 Å². The number of carbonyl (C=O) groups is 2. The van der Waals surface area contributed by atoms with Crippen molar-refractivity contribution in [2.75, 3.05) is 33.3 Å². The predicted molar refractivity (Wildman–Crippen MR) is 75.3 cm³/mol. The first-order valence-electron chi connectivity index (χ1n) is 7.21. The van der Waals surface area contributed by atoms with Crippen molar-refractivity contribution in [3.8, 4) is 0 Å². The molecule has 1 amide bonds. The van der Waals surface area contributed by atoms with Gasteiger partial charge in [-0.05, 0) is 33.0 Å². The van der Waals surface area contributed by atoms with Crippen LogP contribution in [0.25, 0.3) is 0 Å². The van der Waals surface area contributed by atoms with E-state index in [1.54, 1.807) is 18.7 Å². The van der Waals surface area contributed by atoms with E-state index in [2.05, 4.69) is 4.90 Å². The second kappa shape index (κ2) is 7.59. The minimum atomic E-state index is -0.960. The molecule has 2 atom stereocenters. The summed E-state index contributed by atoms with van der Waals surface area (Å²) >= 11 is 0. The van der Waals surface area contributed by atoms with Gasteiger partial charge < -0.3 is 20.0 Å². The molecule has 0 spiro atoms. The molecule has 0 aromatic heterocycles. The third-order valence-corrected chi connectivity index (χ3v) is 4.28. The molecule has 1 rings (SSSR count). The number of carboxylic acids is 1. The van der Waals surface area contributed by atoms with Crippen LogP contribution in [-0.2, 0) is 9.59 Å². The van der Waals surface area contributed by atoms with Gasteiger partial charge in [0.25, 0.3) is 0 Å². The van der Waals surface area contributed by atoms with E-state index in [1.807, 2.05) is 7.05 Å². The molecular formula is C14H26N2O4. The van der Waals surface area contributed by atoms with Crippen LogP contribution in [0.15, 0.2) is 0 Å². The maximum absolute atomic E-state index is 12.5. The molecule has 6 nitrogen and oxygen atoms in total. The normalized spacial score (nSPS) is 20.4. The highest BCUT2D eigenvalue weighted by Gasteiger charge is 2.33. The number of rotatable bonds is 6. The Hall–Kier alpha value is -1.14. The Morgan fingerprint density at radius 2 is 1.80 bits per heavy atom. The van der Waals surface area contributed by atoms with Gasteiger partial charge in [-0.15, -0.1) is 0 Å². The fourth-order valence-corrected chi connectivity index (χ4v) is 2.58. The van der Waals surface area contributed by atoms with Crippen LogP contribution in [0.1, 0.15) is 26.7 Å². The van der Waals surface area contributed by atoms with Crippen molar-refractivity contribution in [1.82, 2.24) is 9.80 Å². The highest BCUT2D eigenvalue weighted by molar-refractivity contribution is 5.84. The van der Waals surface area contributed by atoms with Crippen molar-refractivity contribution in [3.63, 3.8) is 0 Å². The molecule has 2 N–H and O–H groups in total. The second-order valence-corrected chi connectivity index (χ2v) is 5.71. The molecule has 0 radical (unpaired) electrons. The Bertz CT molecular complexity index is 340. The third-order valence-electron chi connectivity index (χ3n) is 4.28. The van der Waals surface area contributed by atoms with Crippen LogP contribution >= 0.6 is 0 Å². The summed E-state index contributed by atoms with van der Waals surface area (Å²) in [7, 11) is 2.05. The quantitative estimate of drug-likeness (QED) is 0.732. The van der Waals surface area contributed by atoms with Gasteiger partial charge in [-0.3, -0.25) is 9.59 Å². The highest BCUT2D eigenvalue weighted by Crippen LogP contribution is 2.21. The molecule has 20 heavy (non-hydrogen) atoms. The molecule has 6 heteroatoms. The first-order chi connectivity index (χ1) is 9.38. The second-order valence-electron chi connectivity index (χ2n) is 5.71. The summed E-state index contributed by atoms with van der Waals surface area (Å²) in [6, 6.07) is 0.106. The molecular weight excluding hydrogens is 260 g/mol. The molecule has 1 aliphatic heterocycles. The van der Waals surface area contributed by atoms with E-state index in [9.17, 15) is 14.7 Å². The molecule has 0 saturated carbocycles. The zero-order chi connectivity index (χ0) is 15.3. The van der Waals surface area contributed by atoms with E-state index in [4.69, 9.17) is 5.11 Å². The summed E-state index contributed by atoms with van der Waals surface area (Å²) in [4.78, 5) is 27.4. The van der Waals surface area contributed by atoms with Crippen molar-refractivity contribution < 1.29 is 19.8 Å². The maximum Gasteiger partial charge on any atom is 0.307 e. The monoisotopic (exact) mass is 286 g/mol. The molecule has 1 heterocycles. The number of likely N-dealkylation sites (tertiary alicyclic amines) is 1. The van der Waals surface area contributed by atoms with Gasteiger partial charge in [-0.2, -0.15) is 0 Å². The fourth-order valence-electron chi connectivity index (χ4n) is 2.58. The van der Waals surface area contributed by atoms with Crippen LogP contribution in [0.2, 0.25) is 0 Å². The van der Waals surface area contributed by atoms with Crippen LogP contribution in [0.5, 0.6) is 0 Å². The van der Waals surface area contributed by atoms with E-state index in [1.165, 1.54) is 0 Å². The zero-order valence-corrected chi connectivity index (χ0v) is 12.6. The number of nitrogens with zero attached hydrogens (tertiary/aromatic N) is 2. The molecule has 0 aliphatic carbocycles. The number of carboxylic acid groups (broad SMARTS) is 1. The minimum Gasteiger partial charge on any atom is -0.481 e. The van der Waals surface area contributed by atoms with Gasteiger partial charge in [0.05, 0.1) is 12.5 Å². The third kappa shape index (κ3) is 4.18. The van der Waals surface area contributed by atoms with Gasteiger partial charge in [0.15, 0.2) is 0 Å². The van der Waals surface area contributed by atoms with Gasteiger partial charge in [-0.1, -0.05) is 13.8 Å². The number of hydrogen-bond acceptors (Lipinski definition) is 4. The van der Waals surface area contributed by atoms with Gasteiger partial charge in [0.1, 0.15) is 0 Å². The number of hydrogen-bond donors (Lipinski definition) is 2. The summed E-state index contributed by atoms with van der Waals surface area (Å²) in [5, 5.41) is 18.2. The van der Waals surface area contributed by atoms with Crippen molar-refractivity contribution in [2.45, 2.75) is 32.7 Å². The van der Waals surface area contributed by atoms with Gasteiger partial charge in [-0.25, -0.2) is 0 Å². The maximum atomic E-state index is 12.5. The van der Waals surface area contributed by atoms with Crippen molar-refractivity contribution >= 4 is 11.9 Å². The number of aliphatic hydroxyl groups is 1. The fraction of sp³-hybridized carbons (Fsp3) is 0.857. The number of amides is 1. The Labute approximate surface area is 120 Å². The molecule has 0 aromatic rings. The van der Waals surface area contributed by atoms with Crippen LogP contribution < -0.4 is 0 Å². The summed E-state index contributed by atoms with van der Waals surface area (Å²) in [6.45, 7) is 5.23. The largest absolute Gasteiger partial charge is 0.481 e. The number of aliphatic hydroxyl groups excluding tert-OH is 1. The summed E-state index contributed by atoms with van der Waals surface area (Å²) < 4.78 is 0. The lowest BCUT2D eigenvalue weighted by molar-refractivity contribution is -0.150.